The van der Waals surface area contributed by atoms with Crippen molar-refractivity contribution in [3.63, 3.8) is 0 Å². The number of nitrogens with zero attached hydrogens (tertiary/aromatic N) is 3. The van der Waals surface area contributed by atoms with Crippen LogP contribution in [0, 0.1) is 12.5 Å². The van der Waals surface area contributed by atoms with Gasteiger partial charge < -0.3 is 4.90 Å². The van der Waals surface area contributed by atoms with Crippen molar-refractivity contribution in [3.8, 4) is 0 Å². The minimum atomic E-state index is -0.0481. The second-order valence-electron chi connectivity index (χ2n) is 9.60. The average molecular weight is 478 g/mol. The number of Topliss-reactive ketones (excluding diaryl/α,β-unsaturated/α-hetero) is 1. The van der Waals surface area contributed by atoms with E-state index < -0.39 is 0 Å². The highest BCUT2D eigenvalue weighted by Gasteiger charge is 2.32. The maximum Gasteiger partial charge on any atom is 0.226 e. The third-order valence-corrected chi connectivity index (χ3v) is 7.64. The molecule has 5 nitrogen and oxygen atoms in total. The average Bonchev–Trinajstić information content (AvgIpc) is 2.86. The third-order valence-electron chi connectivity index (χ3n) is 7.15. The number of benzene rings is 2. The molecule has 0 N–H and O–H groups in total. The molecule has 2 aromatic carbocycles. The number of halogens is 1. The van der Waals surface area contributed by atoms with E-state index >= 15 is 0 Å². The monoisotopic (exact) mass is 477 g/mol. The Morgan fingerprint density at radius 2 is 1.79 bits per heavy atom. The summed E-state index contributed by atoms with van der Waals surface area (Å²) >= 11 is 6.74. The van der Waals surface area contributed by atoms with Crippen molar-refractivity contribution >= 4 is 29.0 Å². The molecule has 1 amide bonds. The lowest BCUT2D eigenvalue weighted by molar-refractivity contribution is -0.141. The van der Waals surface area contributed by atoms with Crippen molar-refractivity contribution in [2.75, 3.05) is 19.6 Å². The number of amides is 1. The lowest BCUT2D eigenvalue weighted by atomic mass is 9.87. The Labute approximate surface area is 207 Å². The van der Waals surface area contributed by atoms with E-state index in [1.165, 1.54) is 19.3 Å². The van der Waals surface area contributed by atoms with Gasteiger partial charge in [-0.3, -0.25) is 14.5 Å². The molecule has 1 saturated carbocycles. The number of carbonyl (C=O) groups is 2. The summed E-state index contributed by atoms with van der Waals surface area (Å²) in [5.74, 6) is 0.502. The van der Waals surface area contributed by atoms with E-state index in [9.17, 15) is 9.59 Å². The zero-order valence-corrected chi connectivity index (χ0v) is 20.6. The van der Waals surface area contributed by atoms with E-state index in [2.05, 4.69) is 21.6 Å². The molecule has 1 aliphatic carbocycles. The zero-order valence-electron chi connectivity index (χ0n) is 19.8. The first-order valence-corrected chi connectivity index (χ1v) is 12.6. The van der Waals surface area contributed by atoms with Gasteiger partial charge in [0.1, 0.15) is 0 Å². The van der Waals surface area contributed by atoms with Crippen molar-refractivity contribution in [2.45, 2.75) is 58.0 Å². The molecule has 1 heterocycles. The van der Waals surface area contributed by atoms with Crippen LogP contribution in [0.15, 0.2) is 42.5 Å². The maximum atomic E-state index is 13.0. The Morgan fingerprint density at radius 3 is 2.53 bits per heavy atom. The highest BCUT2D eigenvalue weighted by molar-refractivity contribution is 6.32. The molecule has 0 spiro atoms. The lowest BCUT2D eigenvalue weighted by Crippen LogP contribution is -2.55. The second kappa shape index (κ2) is 11.2. The van der Waals surface area contributed by atoms with Crippen LogP contribution in [-0.2, 0) is 17.8 Å². The topological polar surface area (TPSA) is 45.0 Å². The molecule has 0 radical (unpaired) electrons. The second-order valence-corrected chi connectivity index (χ2v) is 9.98. The molecule has 1 atom stereocenters. The first-order chi connectivity index (χ1) is 16.5. The molecule has 6 heteroatoms. The van der Waals surface area contributed by atoms with Gasteiger partial charge in [0.25, 0.3) is 0 Å². The van der Waals surface area contributed by atoms with Gasteiger partial charge in [-0.1, -0.05) is 67.3 Å². The predicted molar refractivity (Wildman–Crippen MR) is 135 cm³/mol. The third kappa shape index (κ3) is 5.68. The Balaban J connectivity index is 1.38. The van der Waals surface area contributed by atoms with Crippen LogP contribution in [0.2, 0.25) is 5.02 Å². The first kappa shape index (κ1) is 24.4. The van der Waals surface area contributed by atoms with Crippen LogP contribution in [-0.4, -0.2) is 47.2 Å². The van der Waals surface area contributed by atoms with Crippen LogP contribution in [0.4, 0.5) is 5.69 Å². The summed E-state index contributed by atoms with van der Waals surface area (Å²) in [6, 6.07) is 12.8. The summed E-state index contributed by atoms with van der Waals surface area (Å²) in [6.45, 7) is 12.4. The Hall–Kier alpha value is -2.68. The summed E-state index contributed by atoms with van der Waals surface area (Å²) in [5.41, 5.74) is 2.79. The molecule has 1 aliphatic heterocycles. The van der Waals surface area contributed by atoms with Crippen molar-refractivity contribution in [2.24, 2.45) is 5.92 Å². The molecule has 2 aromatic rings. The Bertz CT molecular complexity index is 1090. The van der Waals surface area contributed by atoms with Gasteiger partial charge in [0.2, 0.25) is 5.91 Å². The molecule has 0 bridgehead atoms. The normalized spacial score (nSPS) is 19.6. The molecular weight excluding hydrogens is 446 g/mol. The molecule has 2 aliphatic rings. The van der Waals surface area contributed by atoms with Crippen LogP contribution < -0.4 is 0 Å². The number of hydrogen-bond donors (Lipinski definition) is 0. The van der Waals surface area contributed by atoms with Crippen molar-refractivity contribution < 1.29 is 9.59 Å². The largest absolute Gasteiger partial charge is 0.337 e. The first-order valence-electron chi connectivity index (χ1n) is 12.3. The summed E-state index contributed by atoms with van der Waals surface area (Å²) in [5, 5.41) is 0.630. The maximum absolute atomic E-state index is 13.0. The van der Waals surface area contributed by atoms with Gasteiger partial charge in [-0.2, -0.15) is 0 Å². The van der Waals surface area contributed by atoms with Crippen LogP contribution in [0.1, 0.15) is 60.5 Å². The number of rotatable bonds is 6. The Kier molecular flexibility index (Phi) is 8.03. The van der Waals surface area contributed by atoms with Gasteiger partial charge in [-0.25, -0.2) is 4.85 Å². The van der Waals surface area contributed by atoms with Crippen LogP contribution >= 0.6 is 11.6 Å². The van der Waals surface area contributed by atoms with E-state index in [1.807, 2.05) is 18.2 Å². The molecule has 2 fully saturated rings. The molecule has 34 heavy (non-hydrogen) atoms. The molecule has 4 rings (SSSR count). The van der Waals surface area contributed by atoms with Crippen LogP contribution in [0.3, 0.4) is 0 Å². The van der Waals surface area contributed by atoms with Gasteiger partial charge in [-0.15, -0.1) is 0 Å². The highest BCUT2D eigenvalue weighted by atomic mass is 35.5. The molecule has 1 saturated heterocycles. The Morgan fingerprint density at radius 1 is 1.06 bits per heavy atom. The fourth-order valence-corrected chi connectivity index (χ4v) is 5.50. The number of hydrogen-bond acceptors (Lipinski definition) is 3. The van der Waals surface area contributed by atoms with E-state index in [0.717, 1.165) is 43.6 Å². The van der Waals surface area contributed by atoms with Crippen molar-refractivity contribution in [3.05, 3.63) is 75.6 Å². The van der Waals surface area contributed by atoms with Gasteiger partial charge in [-0.05, 0) is 37.0 Å². The van der Waals surface area contributed by atoms with E-state index in [0.29, 0.717) is 28.7 Å². The van der Waals surface area contributed by atoms with Crippen LogP contribution in [0.25, 0.3) is 4.85 Å². The summed E-state index contributed by atoms with van der Waals surface area (Å²) in [7, 11) is 0. The minimum Gasteiger partial charge on any atom is -0.337 e. The molecule has 178 valence electrons. The van der Waals surface area contributed by atoms with Crippen LogP contribution in [0.5, 0.6) is 0 Å². The van der Waals surface area contributed by atoms with Crippen molar-refractivity contribution in [1.82, 2.24) is 9.80 Å². The van der Waals surface area contributed by atoms with Gasteiger partial charge >= 0.3 is 0 Å². The fraction of sp³-hybridized carbons (Fsp3) is 0.464. The van der Waals surface area contributed by atoms with Gasteiger partial charge in [0.15, 0.2) is 11.5 Å². The summed E-state index contributed by atoms with van der Waals surface area (Å²) in [4.78, 5) is 33.7. The fourth-order valence-electron chi connectivity index (χ4n) is 5.24. The summed E-state index contributed by atoms with van der Waals surface area (Å²) < 4.78 is 0. The summed E-state index contributed by atoms with van der Waals surface area (Å²) in [6.07, 6.45) is 5.88. The SMILES string of the molecule is [C-]#[N+]c1cccc(C(=O)Cc2cccc(CN3CCN(C(=O)C4CCCCC4)[C@@H](C)C3)c2Cl)c1. The van der Waals surface area contributed by atoms with Gasteiger partial charge in [0, 0.05) is 55.1 Å². The number of piperazine rings is 1. The quantitative estimate of drug-likeness (QED) is 0.382. The predicted octanol–water partition coefficient (Wildman–Crippen LogP) is 5.93. The van der Waals surface area contributed by atoms with Crippen molar-refractivity contribution in [1.29, 1.82) is 0 Å². The van der Waals surface area contributed by atoms with E-state index in [4.69, 9.17) is 18.2 Å². The molecule has 0 aromatic heterocycles. The number of carbonyl (C=O) groups excluding carboxylic acids is 2. The minimum absolute atomic E-state index is 0.0481. The van der Waals surface area contributed by atoms with E-state index in [-0.39, 0.29) is 24.2 Å². The molecule has 0 unspecified atom stereocenters. The lowest BCUT2D eigenvalue weighted by Gasteiger charge is -2.42. The van der Waals surface area contributed by atoms with Gasteiger partial charge in [0.05, 0.1) is 6.57 Å². The zero-order chi connectivity index (χ0) is 24.1. The smallest absolute Gasteiger partial charge is 0.226 e. The molecular formula is C28H32ClN3O2. The number of ketones is 1. The highest BCUT2D eigenvalue weighted by Crippen LogP contribution is 2.28. The standard InChI is InChI=1S/C28H32ClN3O2/c1-20-18-31(14-15-32(20)28(34)21-8-4-3-5-9-21)19-24-12-6-11-23(27(24)29)17-26(33)22-10-7-13-25(16-22)30-2/h6-7,10-13,16,20-21H,3-5,8-9,14-15,17-19H2,1H3/t20-/m0/s1. The van der Waals surface area contributed by atoms with E-state index in [1.54, 1.807) is 24.3 Å².